The Labute approximate surface area is 121 Å². The Bertz CT molecular complexity index is 498. The lowest BCUT2D eigenvalue weighted by atomic mass is 10.1. The van der Waals surface area contributed by atoms with Gasteiger partial charge in [0.05, 0.1) is 12.0 Å². The summed E-state index contributed by atoms with van der Waals surface area (Å²) < 4.78 is 37.1. The highest BCUT2D eigenvalue weighted by Gasteiger charge is 2.30. The second-order valence-corrected chi connectivity index (χ2v) is 5.55. The van der Waals surface area contributed by atoms with Crippen LogP contribution in [0.3, 0.4) is 0 Å². The molecule has 1 N–H and O–H groups in total. The van der Waals surface area contributed by atoms with Crippen LogP contribution >= 0.6 is 0 Å². The van der Waals surface area contributed by atoms with E-state index in [1.807, 2.05) is 0 Å². The standard InChI is InChI=1S/C15H18F3NO2/c16-15(17,18)6-7-19(9-11-4-5-11)10-12-2-1-3-13(8-12)14(20)21/h1-3,8,11H,4-7,9-10H2,(H,20,21). The van der Waals surface area contributed by atoms with Gasteiger partial charge in [-0.15, -0.1) is 0 Å². The van der Waals surface area contributed by atoms with Gasteiger partial charge in [-0.2, -0.15) is 13.2 Å². The van der Waals surface area contributed by atoms with Crippen molar-refractivity contribution in [2.75, 3.05) is 13.1 Å². The molecule has 0 bridgehead atoms. The maximum atomic E-state index is 12.4. The summed E-state index contributed by atoms with van der Waals surface area (Å²) in [5, 5.41) is 8.95. The van der Waals surface area contributed by atoms with Crippen LogP contribution in [0.1, 0.15) is 35.2 Å². The number of carbonyl (C=O) groups is 1. The number of halogens is 3. The first-order valence-electron chi connectivity index (χ1n) is 6.95. The highest BCUT2D eigenvalue weighted by Crippen LogP contribution is 2.31. The van der Waals surface area contributed by atoms with E-state index in [2.05, 4.69) is 0 Å². The van der Waals surface area contributed by atoms with Gasteiger partial charge in [-0.1, -0.05) is 12.1 Å². The third-order valence-corrected chi connectivity index (χ3v) is 3.50. The summed E-state index contributed by atoms with van der Waals surface area (Å²) in [6.45, 7) is 0.957. The number of nitrogens with zero attached hydrogens (tertiary/aromatic N) is 1. The van der Waals surface area contributed by atoms with E-state index in [1.54, 1.807) is 17.0 Å². The van der Waals surface area contributed by atoms with Crippen molar-refractivity contribution < 1.29 is 23.1 Å². The molecule has 0 aliphatic heterocycles. The molecule has 1 saturated carbocycles. The topological polar surface area (TPSA) is 40.5 Å². The van der Waals surface area contributed by atoms with E-state index >= 15 is 0 Å². The molecule has 2 rings (SSSR count). The molecule has 0 amide bonds. The van der Waals surface area contributed by atoms with Gasteiger partial charge in [-0.3, -0.25) is 4.90 Å². The fraction of sp³-hybridized carbons (Fsp3) is 0.533. The van der Waals surface area contributed by atoms with E-state index < -0.39 is 18.6 Å². The average molecular weight is 301 g/mol. The van der Waals surface area contributed by atoms with Gasteiger partial charge in [0.25, 0.3) is 0 Å². The minimum atomic E-state index is -4.16. The van der Waals surface area contributed by atoms with Crippen molar-refractivity contribution in [2.24, 2.45) is 5.92 Å². The van der Waals surface area contributed by atoms with Gasteiger partial charge in [0.1, 0.15) is 0 Å². The Morgan fingerprint density at radius 3 is 2.62 bits per heavy atom. The normalized spacial score (nSPS) is 15.4. The number of alkyl halides is 3. The number of carboxylic acids is 1. The van der Waals surface area contributed by atoms with Crippen LogP contribution in [-0.4, -0.2) is 35.2 Å². The van der Waals surface area contributed by atoms with Gasteiger partial charge < -0.3 is 5.11 Å². The quantitative estimate of drug-likeness (QED) is 0.837. The van der Waals surface area contributed by atoms with Gasteiger partial charge in [0.15, 0.2) is 0 Å². The summed E-state index contributed by atoms with van der Waals surface area (Å²) in [5.74, 6) is -0.540. The van der Waals surface area contributed by atoms with Crippen LogP contribution < -0.4 is 0 Å². The van der Waals surface area contributed by atoms with E-state index in [-0.39, 0.29) is 12.1 Å². The van der Waals surface area contributed by atoms with Gasteiger partial charge in [0.2, 0.25) is 0 Å². The Balaban J connectivity index is 1.99. The van der Waals surface area contributed by atoms with Crippen molar-refractivity contribution >= 4 is 5.97 Å². The molecule has 1 fully saturated rings. The Hall–Kier alpha value is -1.56. The molecule has 0 heterocycles. The molecule has 0 atom stereocenters. The van der Waals surface area contributed by atoms with Crippen LogP contribution in [0.2, 0.25) is 0 Å². The average Bonchev–Trinajstić information content (AvgIpc) is 3.19. The minimum Gasteiger partial charge on any atom is -0.478 e. The zero-order valence-electron chi connectivity index (χ0n) is 11.6. The number of hydrogen-bond donors (Lipinski definition) is 1. The number of hydrogen-bond acceptors (Lipinski definition) is 2. The molecule has 1 aliphatic rings. The molecule has 1 aliphatic carbocycles. The highest BCUT2D eigenvalue weighted by atomic mass is 19.4. The van der Waals surface area contributed by atoms with E-state index in [1.165, 1.54) is 12.1 Å². The molecular weight excluding hydrogens is 283 g/mol. The fourth-order valence-electron chi connectivity index (χ4n) is 2.25. The van der Waals surface area contributed by atoms with Crippen molar-refractivity contribution in [1.29, 1.82) is 0 Å². The molecule has 6 heteroatoms. The Kier molecular flexibility index (Phi) is 4.88. The van der Waals surface area contributed by atoms with Crippen LogP contribution in [-0.2, 0) is 6.54 Å². The van der Waals surface area contributed by atoms with Crippen LogP contribution in [0.15, 0.2) is 24.3 Å². The molecule has 0 spiro atoms. The molecule has 1 aromatic carbocycles. The van der Waals surface area contributed by atoms with Gasteiger partial charge >= 0.3 is 12.1 Å². The molecule has 0 saturated heterocycles. The molecule has 0 aromatic heterocycles. The molecule has 0 radical (unpaired) electrons. The van der Waals surface area contributed by atoms with Crippen LogP contribution in [0.4, 0.5) is 13.2 Å². The molecule has 21 heavy (non-hydrogen) atoms. The zero-order valence-corrected chi connectivity index (χ0v) is 11.6. The van der Waals surface area contributed by atoms with E-state index in [4.69, 9.17) is 5.11 Å². The summed E-state index contributed by atoms with van der Waals surface area (Å²) in [6, 6.07) is 6.38. The number of carboxylic acid groups (broad SMARTS) is 1. The van der Waals surface area contributed by atoms with Crippen LogP contribution in [0.5, 0.6) is 0 Å². The predicted octanol–water partition coefficient (Wildman–Crippen LogP) is 3.55. The van der Waals surface area contributed by atoms with Crippen LogP contribution in [0.25, 0.3) is 0 Å². The maximum absolute atomic E-state index is 12.4. The van der Waals surface area contributed by atoms with Crippen molar-refractivity contribution in [3.63, 3.8) is 0 Å². The first-order chi connectivity index (χ1) is 9.83. The number of aromatic carboxylic acids is 1. The first kappa shape index (κ1) is 15.8. The number of benzene rings is 1. The summed E-state index contributed by atoms with van der Waals surface area (Å²) in [6.07, 6.45) is -2.86. The summed E-state index contributed by atoms with van der Waals surface area (Å²) >= 11 is 0. The smallest absolute Gasteiger partial charge is 0.390 e. The van der Waals surface area contributed by atoms with Crippen molar-refractivity contribution in [2.45, 2.75) is 32.0 Å². The lowest BCUT2D eigenvalue weighted by molar-refractivity contribution is -0.138. The van der Waals surface area contributed by atoms with Crippen LogP contribution in [0, 0.1) is 5.92 Å². The third-order valence-electron chi connectivity index (χ3n) is 3.50. The zero-order chi connectivity index (χ0) is 15.5. The molecular formula is C15H18F3NO2. The second kappa shape index (κ2) is 6.47. The SMILES string of the molecule is O=C(O)c1cccc(CN(CCC(F)(F)F)CC2CC2)c1. The molecule has 0 unspecified atom stereocenters. The predicted molar refractivity (Wildman–Crippen MR) is 72.1 cm³/mol. The summed E-state index contributed by atoms with van der Waals surface area (Å²) in [4.78, 5) is 12.7. The Morgan fingerprint density at radius 2 is 2.05 bits per heavy atom. The summed E-state index contributed by atoms with van der Waals surface area (Å²) in [5.41, 5.74) is 0.896. The number of rotatable bonds is 7. The van der Waals surface area contributed by atoms with E-state index in [0.29, 0.717) is 19.0 Å². The lowest BCUT2D eigenvalue weighted by Gasteiger charge is -2.23. The second-order valence-electron chi connectivity index (χ2n) is 5.55. The largest absolute Gasteiger partial charge is 0.478 e. The monoisotopic (exact) mass is 301 g/mol. The third kappa shape index (κ3) is 5.75. The fourth-order valence-corrected chi connectivity index (χ4v) is 2.25. The molecule has 3 nitrogen and oxygen atoms in total. The lowest BCUT2D eigenvalue weighted by Crippen LogP contribution is -2.29. The molecule has 116 valence electrons. The highest BCUT2D eigenvalue weighted by molar-refractivity contribution is 5.87. The van der Waals surface area contributed by atoms with Gasteiger partial charge in [-0.25, -0.2) is 4.79 Å². The van der Waals surface area contributed by atoms with Crippen molar-refractivity contribution in [3.8, 4) is 0 Å². The first-order valence-corrected chi connectivity index (χ1v) is 6.95. The van der Waals surface area contributed by atoms with E-state index in [9.17, 15) is 18.0 Å². The van der Waals surface area contributed by atoms with E-state index in [0.717, 1.165) is 18.4 Å². The summed E-state index contributed by atoms with van der Waals surface area (Å²) in [7, 11) is 0. The Morgan fingerprint density at radius 1 is 1.33 bits per heavy atom. The van der Waals surface area contributed by atoms with Crippen molar-refractivity contribution in [3.05, 3.63) is 35.4 Å². The molecule has 1 aromatic rings. The van der Waals surface area contributed by atoms with Crippen molar-refractivity contribution in [1.82, 2.24) is 4.90 Å². The maximum Gasteiger partial charge on any atom is 0.390 e. The van der Waals surface area contributed by atoms with Gasteiger partial charge in [0, 0.05) is 19.6 Å². The minimum absolute atomic E-state index is 0.0443. The van der Waals surface area contributed by atoms with Gasteiger partial charge in [-0.05, 0) is 36.5 Å².